The van der Waals surface area contributed by atoms with Crippen molar-refractivity contribution in [3.05, 3.63) is 70.5 Å². The summed E-state index contributed by atoms with van der Waals surface area (Å²) in [5.41, 5.74) is 4.87. The maximum atomic E-state index is 12.9. The third-order valence-electron chi connectivity index (χ3n) is 3.67. The van der Waals surface area contributed by atoms with Crippen LogP contribution in [-0.2, 0) is 19.3 Å². The summed E-state index contributed by atoms with van der Waals surface area (Å²) in [6.45, 7) is 4.29. The van der Waals surface area contributed by atoms with Gasteiger partial charge in [-0.25, -0.2) is 4.39 Å². The monoisotopic (exact) mass is 290 g/mol. The molecular formula is C18H20ClF. The molecule has 0 aromatic heterocycles. The van der Waals surface area contributed by atoms with Gasteiger partial charge in [0.05, 0.1) is 5.38 Å². The van der Waals surface area contributed by atoms with Crippen molar-refractivity contribution in [1.82, 2.24) is 0 Å². The molecule has 2 rings (SSSR count). The normalized spacial score (nSPS) is 12.4. The quantitative estimate of drug-likeness (QED) is 0.640. The van der Waals surface area contributed by atoms with Crippen LogP contribution in [-0.4, -0.2) is 0 Å². The lowest BCUT2D eigenvalue weighted by Gasteiger charge is -2.16. The second-order valence-corrected chi connectivity index (χ2v) is 5.57. The third kappa shape index (κ3) is 3.61. The van der Waals surface area contributed by atoms with Gasteiger partial charge in [-0.05, 0) is 53.6 Å². The van der Waals surface area contributed by atoms with E-state index in [-0.39, 0.29) is 11.2 Å². The van der Waals surface area contributed by atoms with E-state index in [1.165, 1.54) is 28.8 Å². The molecule has 0 bridgehead atoms. The molecule has 0 aliphatic carbocycles. The van der Waals surface area contributed by atoms with E-state index in [2.05, 4.69) is 32.0 Å². The fourth-order valence-corrected chi connectivity index (χ4v) is 2.80. The van der Waals surface area contributed by atoms with Gasteiger partial charge in [0.25, 0.3) is 0 Å². The minimum Gasteiger partial charge on any atom is -0.207 e. The van der Waals surface area contributed by atoms with Crippen LogP contribution in [0.25, 0.3) is 0 Å². The van der Waals surface area contributed by atoms with E-state index in [1.54, 1.807) is 12.1 Å². The van der Waals surface area contributed by atoms with Crippen LogP contribution in [0.2, 0.25) is 0 Å². The van der Waals surface area contributed by atoms with Crippen LogP contribution in [0.3, 0.4) is 0 Å². The van der Waals surface area contributed by atoms with Crippen molar-refractivity contribution in [2.45, 2.75) is 38.5 Å². The predicted molar refractivity (Wildman–Crippen MR) is 83.9 cm³/mol. The van der Waals surface area contributed by atoms with Crippen LogP contribution in [0.15, 0.2) is 42.5 Å². The molecule has 0 spiro atoms. The first kappa shape index (κ1) is 15.1. The Morgan fingerprint density at radius 2 is 1.60 bits per heavy atom. The van der Waals surface area contributed by atoms with Crippen molar-refractivity contribution in [2.24, 2.45) is 0 Å². The topological polar surface area (TPSA) is 0 Å². The molecule has 0 heterocycles. The van der Waals surface area contributed by atoms with Gasteiger partial charge in [-0.3, -0.25) is 0 Å². The van der Waals surface area contributed by atoms with Crippen molar-refractivity contribution >= 4 is 11.6 Å². The molecule has 0 nitrogen and oxygen atoms in total. The first-order valence-corrected chi connectivity index (χ1v) is 7.57. The molecule has 0 fully saturated rings. The molecule has 0 aliphatic rings. The summed E-state index contributed by atoms with van der Waals surface area (Å²) in [4.78, 5) is 0. The van der Waals surface area contributed by atoms with Gasteiger partial charge < -0.3 is 0 Å². The van der Waals surface area contributed by atoms with E-state index in [0.717, 1.165) is 24.8 Å². The zero-order chi connectivity index (χ0) is 14.5. The van der Waals surface area contributed by atoms with Crippen molar-refractivity contribution in [2.75, 3.05) is 0 Å². The molecule has 2 aromatic rings. The Bertz CT molecular complexity index is 560. The summed E-state index contributed by atoms with van der Waals surface area (Å²) in [6.07, 6.45) is 2.71. The standard InChI is InChI=1S/C18H20ClF/c1-3-13-5-8-15(4-2)17(11-13)18(19)12-14-6-9-16(20)10-7-14/h5-11,18H,3-4,12H2,1-2H3. The molecule has 1 atom stereocenters. The van der Waals surface area contributed by atoms with E-state index < -0.39 is 0 Å². The second-order valence-electron chi connectivity index (χ2n) is 5.04. The van der Waals surface area contributed by atoms with Gasteiger partial charge in [0.15, 0.2) is 0 Å². The van der Waals surface area contributed by atoms with Crippen LogP contribution < -0.4 is 0 Å². The molecule has 0 aliphatic heterocycles. The fraction of sp³-hybridized carbons (Fsp3) is 0.333. The maximum Gasteiger partial charge on any atom is 0.123 e. The predicted octanol–water partition coefficient (Wildman–Crippen LogP) is 5.47. The van der Waals surface area contributed by atoms with Gasteiger partial charge in [-0.15, -0.1) is 11.6 Å². The molecule has 0 saturated heterocycles. The van der Waals surface area contributed by atoms with Crippen molar-refractivity contribution in [3.63, 3.8) is 0 Å². The SMILES string of the molecule is CCc1ccc(CC)c(C(Cl)Cc2ccc(F)cc2)c1. The Kier molecular flexibility index (Phi) is 5.19. The minimum absolute atomic E-state index is 0.0677. The number of halogens is 2. The summed E-state index contributed by atoms with van der Waals surface area (Å²) in [6, 6.07) is 13.1. The summed E-state index contributed by atoms with van der Waals surface area (Å²) in [7, 11) is 0. The Morgan fingerprint density at radius 1 is 0.950 bits per heavy atom. The average molecular weight is 291 g/mol. The summed E-state index contributed by atoms with van der Waals surface area (Å²) < 4.78 is 12.9. The largest absolute Gasteiger partial charge is 0.207 e. The van der Waals surface area contributed by atoms with Crippen LogP contribution >= 0.6 is 11.6 Å². The van der Waals surface area contributed by atoms with E-state index >= 15 is 0 Å². The van der Waals surface area contributed by atoms with E-state index in [4.69, 9.17) is 11.6 Å². The van der Waals surface area contributed by atoms with Crippen LogP contribution in [0.1, 0.15) is 41.5 Å². The molecule has 0 radical (unpaired) electrons. The summed E-state index contributed by atoms with van der Waals surface area (Å²) in [5, 5.41) is -0.0677. The van der Waals surface area contributed by atoms with Crippen molar-refractivity contribution < 1.29 is 4.39 Å². The van der Waals surface area contributed by atoms with Gasteiger partial charge in [-0.1, -0.05) is 44.2 Å². The number of rotatable bonds is 5. The Morgan fingerprint density at radius 3 is 2.20 bits per heavy atom. The highest BCUT2D eigenvalue weighted by Gasteiger charge is 2.13. The zero-order valence-corrected chi connectivity index (χ0v) is 12.8. The average Bonchev–Trinajstić information content (AvgIpc) is 2.48. The summed E-state index contributed by atoms with van der Waals surface area (Å²) >= 11 is 6.60. The maximum absolute atomic E-state index is 12.9. The molecular weight excluding hydrogens is 271 g/mol. The van der Waals surface area contributed by atoms with Gasteiger partial charge >= 0.3 is 0 Å². The highest BCUT2D eigenvalue weighted by molar-refractivity contribution is 6.21. The zero-order valence-electron chi connectivity index (χ0n) is 12.0. The second kappa shape index (κ2) is 6.90. The van der Waals surface area contributed by atoms with E-state index in [9.17, 15) is 4.39 Å². The lowest BCUT2D eigenvalue weighted by Crippen LogP contribution is -2.01. The number of hydrogen-bond acceptors (Lipinski definition) is 0. The van der Waals surface area contributed by atoms with Gasteiger partial charge in [0, 0.05) is 0 Å². The molecule has 0 amide bonds. The first-order chi connectivity index (χ1) is 9.63. The van der Waals surface area contributed by atoms with Gasteiger partial charge in [0.2, 0.25) is 0 Å². The van der Waals surface area contributed by atoms with Crippen molar-refractivity contribution in [1.29, 1.82) is 0 Å². The molecule has 2 heteroatoms. The van der Waals surface area contributed by atoms with E-state index in [1.807, 2.05) is 0 Å². The Hall–Kier alpha value is -1.34. The third-order valence-corrected chi connectivity index (χ3v) is 4.05. The van der Waals surface area contributed by atoms with Crippen LogP contribution in [0, 0.1) is 5.82 Å². The Labute approximate surface area is 125 Å². The molecule has 20 heavy (non-hydrogen) atoms. The lowest BCUT2D eigenvalue weighted by molar-refractivity contribution is 0.627. The number of alkyl halides is 1. The molecule has 0 saturated carbocycles. The number of hydrogen-bond donors (Lipinski definition) is 0. The number of aryl methyl sites for hydroxylation is 2. The highest BCUT2D eigenvalue weighted by atomic mass is 35.5. The van der Waals surface area contributed by atoms with Crippen LogP contribution in [0.5, 0.6) is 0 Å². The Balaban J connectivity index is 2.23. The lowest BCUT2D eigenvalue weighted by atomic mass is 9.95. The minimum atomic E-state index is -0.206. The molecule has 1 unspecified atom stereocenters. The molecule has 0 N–H and O–H groups in total. The van der Waals surface area contributed by atoms with Crippen LogP contribution in [0.4, 0.5) is 4.39 Å². The fourth-order valence-electron chi connectivity index (χ4n) is 2.42. The van der Waals surface area contributed by atoms with E-state index in [0.29, 0.717) is 0 Å². The smallest absolute Gasteiger partial charge is 0.123 e. The molecule has 106 valence electrons. The molecule has 2 aromatic carbocycles. The highest BCUT2D eigenvalue weighted by Crippen LogP contribution is 2.29. The first-order valence-electron chi connectivity index (χ1n) is 7.14. The number of benzene rings is 2. The van der Waals surface area contributed by atoms with Gasteiger partial charge in [0.1, 0.15) is 5.82 Å². The van der Waals surface area contributed by atoms with Gasteiger partial charge in [-0.2, -0.15) is 0 Å². The summed E-state index contributed by atoms with van der Waals surface area (Å²) in [5.74, 6) is -0.206. The van der Waals surface area contributed by atoms with Crippen molar-refractivity contribution in [3.8, 4) is 0 Å².